The second kappa shape index (κ2) is 4.34. The zero-order valence-corrected chi connectivity index (χ0v) is 8.60. The van der Waals surface area contributed by atoms with Gasteiger partial charge in [0, 0.05) is 23.3 Å². The number of aromatic nitrogens is 1. The van der Waals surface area contributed by atoms with E-state index in [1.807, 2.05) is 0 Å². The molecule has 0 atom stereocenters. The van der Waals surface area contributed by atoms with E-state index in [0.29, 0.717) is 4.47 Å². The van der Waals surface area contributed by atoms with Crippen molar-refractivity contribution in [3.05, 3.63) is 37.2 Å². The van der Waals surface area contributed by atoms with Crippen LogP contribution in [0, 0.1) is 10.1 Å². The Morgan fingerprint density at radius 3 is 2.79 bits per heavy atom. The summed E-state index contributed by atoms with van der Waals surface area (Å²) in [5.41, 5.74) is -1.22. The van der Waals surface area contributed by atoms with Crippen LogP contribution in [0.25, 0.3) is 0 Å². The highest BCUT2D eigenvalue weighted by atomic mass is 79.9. The largest absolute Gasteiger partial charge is 0.395 e. The highest BCUT2D eigenvalue weighted by Crippen LogP contribution is 2.13. The lowest BCUT2D eigenvalue weighted by molar-refractivity contribution is -0.386. The molecule has 0 radical (unpaired) electrons. The second-order valence-electron chi connectivity index (χ2n) is 2.52. The van der Waals surface area contributed by atoms with Crippen molar-refractivity contribution in [3.63, 3.8) is 0 Å². The smallest absolute Gasteiger partial charge is 0.335 e. The Morgan fingerprint density at radius 2 is 2.29 bits per heavy atom. The summed E-state index contributed by atoms with van der Waals surface area (Å²) in [6, 6.07) is 1.14. The van der Waals surface area contributed by atoms with Gasteiger partial charge in [0.15, 0.2) is 0 Å². The van der Waals surface area contributed by atoms with Gasteiger partial charge in [0.05, 0.1) is 11.5 Å². The summed E-state index contributed by atoms with van der Waals surface area (Å²) < 4.78 is 1.51. The molecule has 7 heteroatoms. The molecule has 1 rings (SSSR count). The third kappa shape index (κ3) is 2.18. The predicted octanol–water partition coefficient (Wildman–Crippen LogP) is 0.511. The lowest BCUT2D eigenvalue weighted by Gasteiger charge is -2.02. The Kier molecular flexibility index (Phi) is 3.37. The maximum atomic E-state index is 11.3. The molecule has 6 nitrogen and oxygen atoms in total. The number of pyridine rings is 1. The molecule has 1 N–H and O–H groups in total. The molecule has 0 fully saturated rings. The molecule has 1 aromatic heterocycles. The van der Waals surface area contributed by atoms with Crippen molar-refractivity contribution in [1.29, 1.82) is 0 Å². The average Bonchev–Trinajstić information content (AvgIpc) is 2.10. The van der Waals surface area contributed by atoms with Crippen molar-refractivity contribution in [2.45, 2.75) is 6.54 Å². The Hall–Kier alpha value is -1.21. The Morgan fingerprint density at radius 1 is 1.64 bits per heavy atom. The number of nitrogens with zero attached hydrogens (tertiary/aromatic N) is 2. The first kappa shape index (κ1) is 10.9. The fourth-order valence-corrected chi connectivity index (χ4v) is 1.45. The Bertz CT molecular complexity index is 415. The number of hydrogen-bond acceptors (Lipinski definition) is 4. The van der Waals surface area contributed by atoms with Crippen LogP contribution in [0.15, 0.2) is 21.5 Å². The maximum Gasteiger partial charge on any atom is 0.335 e. The zero-order valence-electron chi connectivity index (χ0n) is 7.01. The number of halogens is 1. The van der Waals surface area contributed by atoms with Crippen LogP contribution in [-0.2, 0) is 6.54 Å². The van der Waals surface area contributed by atoms with Crippen molar-refractivity contribution in [1.82, 2.24) is 4.57 Å². The van der Waals surface area contributed by atoms with Gasteiger partial charge < -0.3 is 9.67 Å². The first-order valence-electron chi connectivity index (χ1n) is 3.71. The van der Waals surface area contributed by atoms with Crippen LogP contribution in [0.4, 0.5) is 5.69 Å². The molecular formula is C7H7BrN2O4. The maximum absolute atomic E-state index is 11.3. The molecule has 0 unspecified atom stereocenters. The van der Waals surface area contributed by atoms with Crippen molar-refractivity contribution < 1.29 is 10.0 Å². The minimum atomic E-state index is -0.749. The SMILES string of the molecule is O=c1c([N+](=O)[O-])cc(Br)cn1CCO. The molecule has 0 amide bonds. The van der Waals surface area contributed by atoms with E-state index in [9.17, 15) is 14.9 Å². The van der Waals surface area contributed by atoms with Crippen LogP contribution in [0.2, 0.25) is 0 Å². The molecule has 14 heavy (non-hydrogen) atoms. The monoisotopic (exact) mass is 262 g/mol. The molecule has 0 aliphatic rings. The van der Waals surface area contributed by atoms with Gasteiger partial charge >= 0.3 is 11.2 Å². The first-order chi connectivity index (χ1) is 6.56. The molecule has 0 spiro atoms. The van der Waals surface area contributed by atoms with Gasteiger partial charge in [-0.15, -0.1) is 0 Å². The highest BCUT2D eigenvalue weighted by Gasteiger charge is 2.15. The molecule has 0 bridgehead atoms. The topological polar surface area (TPSA) is 85.4 Å². The fourth-order valence-electron chi connectivity index (χ4n) is 0.989. The molecule has 0 aromatic carbocycles. The third-order valence-electron chi connectivity index (χ3n) is 1.57. The van der Waals surface area contributed by atoms with Gasteiger partial charge in [-0.2, -0.15) is 0 Å². The minimum Gasteiger partial charge on any atom is -0.395 e. The van der Waals surface area contributed by atoms with E-state index in [4.69, 9.17) is 5.11 Å². The number of nitro groups is 1. The lowest BCUT2D eigenvalue weighted by atomic mass is 10.4. The fraction of sp³-hybridized carbons (Fsp3) is 0.286. The van der Waals surface area contributed by atoms with Crippen LogP contribution in [0.1, 0.15) is 0 Å². The average molecular weight is 263 g/mol. The van der Waals surface area contributed by atoms with Gasteiger partial charge in [-0.1, -0.05) is 0 Å². The van der Waals surface area contributed by atoms with Crippen molar-refractivity contribution in [2.75, 3.05) is 6.61 Å². The molecule has 76 valence electrons. The minimum absolute atomic E-state index is 0.0408. The van der Waals surface area contributed by atoms with E-state index in [0.717, 1.165) is 10.6 Å². The normalized spacial score (nSPS) is 10.1. The summed E-state index contributed by atoms with van der Waals surface area (Å²) in [4.78, 5) is 21.0. The third-order valence-corrected chi connectivity index (χ3v) is 2.01. The van der Waals surface area contributed by atoms with Gasteiger partial charge in [0.1, 0.15) is 0 Å². The van der Waals surface area contributed by atoms with E-state index in [2.05, 4.69) is 15.9 Å². The summed E-state index contributed by atoms with van der Waals surface area (Å²) in [7, 11) is 0. The Balaban J connectivity index is 3.32. The van der Waals surface area contributed by atoms with Crippen LogP contribution in [0.5, 0.6) is 0 Å². The number of rotatable bonds is 3. The predicted molar refractivity (Wildman–Crippen MR) is 52.1 cm³/mol. The number of aliphatic hydroxyl groups excluding tert-OH is 1. The van der Waals surface area contributed by atoms with Gasteiger partial charge in [0.2, 0.25) is 0 Å². The van der Waals surface area contributed by atoms with E-state index >= 15 is 0 Å². The van der Waals surface area contributed by atoms with Gasteiger partial charge in [-0.05, 0) is 15.9 Å². The second-order valence-corrected chi connectivity index (χ2v) is 3.44. The molecule has 0 saturated carbocycles. The van der Waals surface area contributed by atoms with Crippen LogP contribution in [0.3, 0.4) is 0 Å². The first-order valence-corrected chi connectivity index (χ1v) is 4.51. The van der Waals surface area contributed by atoms with Crippen molar-refractivity contribution >= 4 is 21.6 Å². The summed E-state index contributed by atoms with van der Waals surface area (Å²) in [6.45, 7) is -0.202. The van der Waals surface area contributed by atoms with E-state index in [1.54, 1.807) is 0 Å². The highest BCUT2D eigenvalue weighted by molar-refractivity contribution is 9.10. The summed E-state index contributed by atoms with van der Waals surface area (Å²) in [6.07, 6.45) is 1.39. The Labute approximate surface area is 87.1 Å². The van der Waals surface area contributed by atoms with Gasteiger partial charge in [0.25, 0.3) is 0 Å². The molecule has 0 saturated heterocycles. The molecule has 1 heterocycles. The molecular weight excluding hydrogens is 256 g/mol. The quantitative estimate of drug-likeness (QED) is 0.636. The molecule has 1 aromatic rings. The van der Waals surface area contributed by atoms with Crippen LogP contribution < -0.4 is 5.56 Å². The van der Waals surface area contributed by atoms with Crippen molar-refractivity contribution in [3.8, 4) is 0 Å². The van der Waals surface area contributed by atoms with E-state index in [-0.39, 0.29) is 13.2 Å². The molecule has 0 aliphatic carbocycles. The standard InChI is InChI=1S/C7H7BrN2O4/c8-5-3-6(10(13)14)7(12)9(4-5)1-2-11/h3-4,11H,1-2H2. The number of hydrogen-bond donors (Lipinski definition) is 1. The number of aliphatic hydroxyl groups is 1. The summed E-state index contributed by atoms with van der Waals surface area (Å²) in [5, 5.41) is 19.1. The molecule has 0 aliphatic heterocycles. The van der Waals surface area contributed by atoms with E-state index in [1.165, 1.54) is 6.20 Å². The van der Waals surface area contributed by atoms with Crippen molar-refractivity contribution in [2.24, 2.45) is 0 Å². The van der Waals surface area contributed by atoms with Gasteiger partial charge in [-0.3, -0.25) is 14.9 Å². The summed E-state index contributed by atoms with van der Waals surface area (Å²) >= 11 is 3.04. The van der Waals surface area contributed by atoms with E-state index < -0.39 is 16.2 Å². The van der Waals surface area contributed by atoms with Crippen LogP contribution >= 0.6 is 15.9 Å². The van der Waals surface area contributed by atoms with Crippen LogP contribution in [-0.4, -0.2) is 21.2 Å². The summed E-state index contributed by atoms with van der Waals surface area (Å²) in [5.74, 6) is 0. The van der Waals surface area contributed by atoms with Gasteiger partial charge in [-0.25, -0.2) is 0 Å². The lowest BCUT2D eigenvalue weighted by Crippen LogP contribution is -2.23. The zero-order chi connectivity index (χ0) is 10.7.